The fourth-order valence-electron chi connectivity index (χ4n) is 8.89. The highest BCUT2D eigenvalue weighted by molar-refractivity contribution is 8.09. The molecule has 412 valence electrons. The number of nitrogens with zero attached hydrogens (tertiary/aromatic N) is 6. The van der Waals surface area contributed by atoms with E-state index in [0.29, 0.717) is 55.7 Å². The van der Waals surface area contributed by atoms with Crippen LogP contribution in [0.4, 0.5) is 37.7 Å². The van der Waals surface area contributed by atoms with Gasteiger partial charge in [0.2, 0.25) is 0 Å². The lowest BCUT2D eigenvalue weighted by molar-refractivity contribution is -0.139. The van der Waals surface area contributed by atoms with Gasteiger partial charge in [0.05, 0.1) is 75.1 Å². The Morgan fingerprint density at radius 2 is 1.00 bits per heavy atom. The molecule has 21 heteroatoms. The standard InChI is InChI=1S/C27H34ClF3N4OS.C23H26ClF3N4.C4H9ClOS/c1-17-8-10-35(11-9-17)23-15-24-22(14-21(23)28)33-25(34(24)5)13-19-12-18(6-7-20(19)27(29,30)31)16-32-37(36)26(2,3)4;1-14-5-7-31(8-6-14)20-12-21-19(11-18(20)24)29-22(30(21)2)10-16-9-15(13-28)3-4-17(16)23(25,26)27;1-4(2,3)7(5)6/h6-7,12,14-15,17,32H,8-11,13,16H2,1-5H3;3-4,9,11-12,14H,5-8,10,13,28H2,1-2H3;1-3H3. The van der Waals surface area contributed by atoms with Crippen molar-refractivity contribution in [3.05, 3.63) is 116 Å². The Morgan fingerprint density at radius 3 is 1.35 bits per heavy atom. The molecule has 0 saturated carbocycles. The molecule has 6 aromatic rings. The molecular weight excluding hydrogens is 1080 g/mol. The van der Waals surface area contributed by atoms with Gasteiger partial charge in [-0.15, -0.1) is 0 Å². The van der Waals surface area contributed by atoms with Crippen molar-refractivity contribution in [2.45, 2.75) is 129 Å². The molecule has 0 amide bonds. The molecule has 2 fully saturated rings. The Morgan fingerprint density at radius 1 is 0.627 bits per heavy atom. The molecule has 10 nitrogen and oxygen atoms in total. The Hall–Kier alpha value is -3.91. The van der Waals surface area contributed by atoms with Crippen molar-refractivity contribution >= 4 is 88.3 Å². The first-order chi connectivity index (χ1) is 34.8. The monoisotopic (exact) mass is 1140 g/mol. The van der Waals surface area contributed by atoms with Crippen LogP contribution in [0, 0.1) is 11.8 Å². The van der Waals surface area contributed by atoms with Crippen LogP contribution in [-0.2, 0) is 73.4 Å². The summed E-state index contributed by atoms with van der Waals surface area (Å²) in [7, 11) is 6.34. The lowest BCUT2D eigenvalue weighted by atomic mass is 9.99. The highest BCUT2D eigenvalue weighted by Gasteiger charge is 2.35. The number of halogens is 9. The number of nitrogens with two attached hydrogens (primary N) is 1. The number of anilines is 2. The molecule has 3 N–H and O–H groups in total. The number of aryl methyl sites for hydroxylation is 2. The van der Waals surface area contributed by atoms with Crippen molar-refractivity contribution in [3.8, 4) is 0 Å². The summed E-state index contributed by atoms with van der Waals surface area (Å²) in [5.74, 6) is 2.46. The zero-order valence-electron chi connectivity index (χ0n) is 44.2. The molecule has 2 aromatic heterocycles. The van der Waals surface area contributed by atoms with E-state index < -0.39 is 49.2 Å². The van der Waals surface area contributed by atoms with E-state index in [1.54, 1.807) is 6.07 Å². The van der Waals surface area contributed by atoms with Gasteiger partial charge in [-0.3, -0.25) is 0 Å². The van der Waals surface area contributed by atoms with Crippen LogP contribution in [0.25, 0.3) is 22.1 Å². The van der Waals surface area contributed by atoms with Crippen LogP contribution in [0.3, 0.4) is 0 Å². The molecule has 75 heavy (non-hydrogen) atoms. The molecule has 0 aliphatic carbocycles. The van der Waals surface area contributed by atoms with Crippen molar-refractivity contribution in [3.63, 3.8) is 0 Å². The van der Waals surface area contributed by atoms with Crippen LogP contribution in [0.2, 0.25) is 10.0 Å². The summed E-state index contributed by atoms with van der Waals surface area (Å²) < 4.78 is 111. The summed E-state index contributed by atoms with van der Waals surface area (Å²) in [4.78, 5) is 13.8. The average Bonchev–Trinajstić information content (AvgIpc) is 3.78. The molecular formula is C54H69Cl3F6N8O2S2. The van der Waals surface area contributed by atoms with Crippen molar-refractivity contribution in [2.24, 2.45) is 31.7 Å². The summed E-state index contributed by atoms with van der Waals surface area (Å²) in [6.07, 6.45) is -4.45. The second-order valence-electron chi connectivity index (χ2n) is 21.7. The third-order valence-corrected chi connectivity index (χ3v) is 18.1. The molecule has 2 saturated heterocycles. The smallest absolute Gasteiger partial charge is 0.370 e. The number of imidazole rings is 2. The average molecular weight is 1150 g/mol. The summed E-state index contributed by atoms with van der Waals surface area (Å²) in [5, 5.41) is 1.22. The number of alkyl halides is 6. The molecule has 2 aliphatic rings. The van der Waals surface area contributed by atoms with Gasteiger partial charge in [0.25, 0.3) is 0 Å². The highest BCUT2D eigenvalue weighted by Crippen LogP contribution is 2.39. The normalized spacial score (nSPS) is 16.2. The van der Waals surface area contributed by atoms with Crippen LogP contribution in [0.5, 0.6) is 0 Å². The SMILES string of the molecule is CC(C)(C)S(=O)Cl.CC1CCN(c2cc3c(cc2Cl)nc(Cc2cc(CN)ccc2C(F)(F)F)n3C)CC1.CC1CCN(c2cc3c(cc2Cl)nc(Cc2cc(CNS(=O)C(C)(C)C)ccc2C(F)(F)F)n3C)CC1. The first-order valence-corrected chi connectivity index (χ1v) is 28.8. The predicted octanol–water partition coefficient (Wildman–Crippen LogP) is 13.8. The zero-order chi connectivity index (χ0) is 55.5. The molecule has 8 rings (SSSR count). The van der Waals surface area contributed by atoms with E-state index in [9.17, 15) is 34.8 Å². The molecule has 2 aliphatic heterocycles. The number of fused-ring (bicyclic) bond motifs is 2. The van der Waals surface area contributed by atoms with E-state index in [4.69, 9.17) is 39.6 Å². The van der Waals surface area contributed by atoms with Gasteiger partial charge in [-0.1, -0.05) is 61.3 Å². The number of hydrogen-bond donors (Lipinski definition) is 2. The van der Waals surface area contributed by atoms with Crippen LogP contribution < -0.4 is 20.3 Å². The van der Waals surface area contributed by atoms with Crippen LogP contribution in [0.1, 0.15) is 126 Å². The minimum absolute atomic E-state index is 0.00437. The molecule has 2 unspecified atom stereocenters. The minimum Gasteiger partial charge on any atom is -0.370 e. The van der Waals surface area contributed by atoms with E-state index in [0.717, 1.165) is 86.4 Å². The second-order valence-corrected chi connectivity index (χ2v) is 27.1. The first kappa shape index (κ1) is 60.3. The topological polar surface area (TPSA) is 114 Å². The van der Waals surface area contributed by atoms with Crippen molar-refractivity contribution < 1.29 is 34.8 Å². The van der Waals surface area contributed by atoms with Crippen molar-refractivity contribution in [1.82, 2.24) is 23.8 Å². The Kier molecular flexibility index (Phi) is 19.6. The molecule has 4 heterocycles. The number of rotatable bonds is 10. The van der Waals surface area contributed by atoms with Gasteiger partial charge in [-0.25, -0.2) is 23.1 Å². The van der Waals surface area contributed by atoms with Crippen molar-refractivity contribution in [2.75, 3.05) is 36.0 Å². The molecule has 0 bridgehead atoms. The number of nitrogens with one attached hydrogen (secondary N) is 1. The summed E-state index contributed by atoms with van der Waals surface area (Å²) in [5.41, 5.74) is 10.8. The van der Waals surface area contributed by atoms with Gasteiger partial charge >= 0.3 is 12.4 Å². The van der Waals surface area contributed by atoms with E-state index in [2.05, 4.69) is 38.3 Å². The Balaban J connectivity index is 0.000000219. The largest absolute Gasteiger partial charge is 0.416 e. The highest BCUT2D eigenvalue weighted by atomic mass is 35.7. The molecule has 4 aromatic carbocycles. The Bertz CT molecular complexity index is 3010. The van der Waals surface area contributed by atoms with E-state index in [1.807, 2.05) is 83.0 Å². The molecule has 0 spiro atoms. The maximum Gasteiger partial charge on any atom is 0.416 e. The van der Waals surface area contributed by atoms with Gasteiger partial charge in [0, 0.05) is 66.2 Å². The maximum atomic E-state index is 13.9. The predicted molar refractivity (Wildman–Crippen MR) is 298 cm³/mol. The van der Waals surface area contributed by atoms with Gasteiger partial charge < -0.3 is 24.7 Å². The van der Waals surface area contributed by atoms with Gasteiger partial charge in [0.1, 0.15) is 21.7 Å². The number of benzene rings is 4. The van der Waals surface area contributed by atoms with E-state index in [1.165, 1.54) is 24.3 Å². The lowest BCUT2D eigenvalue weighted by Crippen LogP contribution is -2.32. The molecule has 0 radical (unpaired) electrons. The molecule has 2 atom stereocenters. The lowest BCUT2D eigenvalue weighted by Gasteiger charge is -2.32. The summed E-state index contributed by atoms with van der Waals surface area (Å²) in [6, 6.07) is 15.7. The maximum absolute atomic E-state index is 13.9. The Labute approximate surface area is 456 Å². The van der Waals surface area contributed by atoms with E-state index in [-0.39, 0.29) is 41.8 Å². The minimum atomic E-state index is -4.50. The fraction of sp³-hybridized carbons (Fsp3) is 0.519. The fourth-order valence-corrected chi connectivity index (χ4v) is 10.2. The third kappa shape index (κ3) is 15.4. The second kappa shape index (κ2) is 24.4. The first-order valence-electron chi connectivity index (χ1n) is 25.0. The van der Waals surface area contributed by atoms with Crippen molar-refractivity contribution in [1.29, 1.82) is 0 Å². The van der Waals surface area contributed by atoms with E-state index >= 15 is 0 Å². The number of aromatic nitrogens is 4. The third-order valence-electron chi connectivity index (χ3n) is 13.7. The number of piperidine rings is 2. The van der Waals surface area contributed by atoms with Gasteiger partial charge in [-0.2, -0.15) is 26.3 Å². The van der Waals surface area contributed by atoms with Gasteiger partial charge in [-0.05, 0) is 148 Å². The van der Waals surface area contributed by atoms with Crippen LogP contribution >= 0.6 is 33.9 Å². The van der Waals surface area contributed by atoms with Crippen LogP contribution in [-0.4, -0.2) is 63.2 Å². The number of hydrogen-bond acceptors (Lipinski definition) is 7. The summed E-state index contributed by atoms with van der Waals surface area (Å²) >= 11 is 13.2. The summed E-state index contributed by atoms with van der Waals surface area (Å²) in [6.45, 7) is 19.6. The quantitative estimate of drug-likeness (QED) is 0.104. The zero-order valence-corrected chi connectivity index (χ0v) is 48.1. The van der Waals surface area contributed by atoms with Gasteiger partial charge in [0.15, 0.2) is 0 Å². The van der Waals surface area contributed by atoms with Crippen LogP contribution in [0.15, 0.2) is 60.7 Å².